The maximum atomic E-state index is 14.0. The van der Waals surface area contributed by atoms with Gasteiger partial charge in [-0.15, -0.1) is 0 Å². The predicted octanol–water partition coefficient (Wildman–Crippen LogP) is 3.37. The molecule has 1 aliphatic heterocycles. The highest BCUT2D eigenvalue weighted by Gasteiger charge is 2.21. The lowest BCUT2D eigenvalue weighted by Gasteiger charge is -2.27. The van der Waals surface area contributed by atoms with Crippen molar-refractivity contribution in [1.29, 1.82) is 0 Å². The highest BCUT2D eigenvalue weighted by molar-refractivity contribution is 5.55. The van der Waals surface area contributed by atoms with Crippen molar-refractivity contribution >= 4 is 0 Å². The monoisotopic (exact) mass is 363 g/mol. The number of aromatic nitrogens is 4. The second kappa shape index (κ2) is 6.85. The van der Waals surface area contributed by atoms with Gasteiger partial charge in [-0.05, 0) is 55.5 Å². The van der Waals surface area contributed by atoms with E-state index in [1.165, 1.54) is 36.6 Å². The third kappa shape index (κ3) is 3.25. The molecule has 0 amide bonds. The number of hydrogen-bond donors (Lipinski definition) is 0. The van der Waals surface area contributed by atoms with Crippen LogP contribution in [0.3, 0.4) is 0 Å². The van der Waals surface area contributed by atoms with Crippen LogP contribution in [0.5, 0.6) is 0 Å². The molecule has 0 bridgehead atoms. The van der Waals surface area contributed by atoms with E-state index < -0.39 is 0 Å². The Morgan fingerprint density at radius 3 is 2.93 bits per heavy atom. The fraction of sp³-hybridized carbons (Fsp3) is 0.381. The Morgan fingerprint density at radius 2 is 2.00 bits per heavy atom. The molecule has 0 atom stereocenters. The molecule has 6 heteroatoms. The molecule has 3 aromatic rings. The predicted molar refractivity (Wildman–Crippen MR) is 100 cm³/mol. The third-order valence-electron chi connectivity index (χ3n) is 5.50. The fourth-order valence-corrected chi connectivity index (χ4v) is 4.09. The smallest absolute Gasteiger partial charge is 0.151 e. The van der Waals surface area contributed by atoms with Gasteiger partial charge in [-0.2, -0.15) is 5.10 Å². The quantitative estimate of drug-likeness (QED) is 0.716. The summed E-state index contributed by atoms with van der Waals surface area (Å²) in [6.07, 6.45) is 6.40. The molecule has 0 spiro atoms. The van der Waals surface area contributed by atoms with Crippen molar-refractivity contribution in [2.75, 3.05) is 6.54 Å². The molecule has 0 fully saturated rings. The van der Waals surface area contributed by atoms with Gasteiger partial charge in [0, 0.05) is 31.5 Å². The topological polar surface area (TPSA) is 46.8 Å². The van der Waals surface area contributed by atoms with E-state index in [4.69, 9.17) is 4.98 Å². The van der Waals surface area contributed by atoms with E-state index in [1.807, 2.05) is 10.7 Å². The molecule has 3 aromatic heterocycles. The van der Waals surface area contributed by atoms with Crippen molar-refractivity contribution in [1.82, 2.24) is 24.6 Å². The zero-order valence-electron chi connectivity index (χ0n) is 15.2. The van der Waals surface area contributed by atoms with Gasteiger partial charge in [-0.3, -0.25) is 19.5 Å². The summed E-state index contributed by atoms with van der Waals surface area (Å²) in [6.45, 7) is 3.35. The lowest BCUT2D eigenvalue weighted by Crippen LogP contribution is -2.33. The Hall–Kier alpha value is -2.60. The standard InChI is InChI=1S/C21H22FN5/c22-18-5-3-9-23-21(18)20-12-17-14-26(10-11-27(17)25-20)13-16-8-7-15-4-1-2-6-19(15)24-16/h3,5,7-9,12H,1-2,4,6,10-11,13-14H2. The Bertz CT molecular complexity index is 980. The molecule has 0 saturated heterocycles. The molecule has 0 unspecified atom stereocenters. The summed E-state index contributed by atoms with van der Waals surface area (Å²) in [5.41, 5.74) is 5.87. The van der Waals surface area contributed by atoms with Gasteiger partial charge in [-0.1, -0.05) is 6.07 Å². The lowest BCUT2D eigenvalue weighted by atomic mass is 9.96. The molecule has 0 aromatic carbocycles. The highest BCUT2D eigenvalue weighted by atomic mass is 19.1. The van der Waals surface area contributed by atoms with E-state index in [-0.39, 0.29) is 5.82 Å². The van der Waals surface area contributed by atoms with Crippen LogP contribution in [-0.4, -0.2) is 31.2 Å². The van der Waals surface area contributed by atoms with E-state index in [0.717, 1.165) is 44.0 Å². The van der Waals surface area contributed by atoms with Crippen LogP contribution in [-0.2, 0) is 32.5 Å². The molecule has 27 heavy (non-hydrogen) atoms. The van der Waals surface area contributed by atoms with Crippen molar-refractivity contribution in [3.63, 3.8) is 0 Å². The average Bonchev–Trinajstić information content (AvgIpc) is 3.11. The summed E-state index contributed by atoms with van der Waals surface area (Å²) in [5.74, 6) is -0.330. The number of fused-ring (bicyclic) bond motifs is 2. The van der Waals surface area contributed by atoms with Crippen molar-refractivity contribution in [3.05, 3.63) is 65.0 Å². The number of aryl methyl sites for hydroxylation is 2. The van der Waals surface area contributed by atoms with E-state index >= 15 is 0 Å². The van der Waals surface area contributed by atoms with Gasteiger partial charge in [0.2, 0.25) is 0 Å². The first kappa shape index (κ1) is 16.6. The summed E-state index contributed by atoms with van der Waals surface area (Å²) in [6, 6.07) is 9.41. The van der Waals surface area contributed by atoms with Crippen LogP contribution in [0.25, 0.3) is 11.4 Å². The molecular formula is C21H22FN5. The second-order valence-electron chi connectivity index (χ2n) is 7.40. The van der Waals surface area contributed by atoms with Crippen molar-refractivity contribution in [3.8, 4) is 11.4 Å². The Morgan fingerprint density at radius 1 is 1.07 bits per heavy atom. The van der Waals surface area contributed by atoms with Gasteiger partial charge in [0.1, 0.15) is 11.4 Å². The largest absolute Gasteiger partial charge is 0.290 e. The number of pyridine rings is 2. The van der Waals surface area contributed by atoms with E-state index in [2.05, 4.69) is 27.1 Å². The maximum Gasteiger partial charge on any atom is 0.151 e. The number of nitrogens with zero attached hydrogens (tertiary/aromatic N) is 5. The minimum absolute atomic E-state index is 0.322. The Balaban J connectivity index is 1.33. The normalized spacial score (nSPS) is 16.8. The van der Waals surface area contributed by atoms with Crippen molar-refractivity contribution in [2.45, 2.75) is 45.3 Å². The molecule has 0 N–H and O–H groups in total. The minimum atomic E-state index is -0.330. The van der Waals surface area contributed by atoms with Gasteiger partial charge < -0.3 is 0 Å². The zero-order valence-corrected chi connectivity index (χ0v) is 15.2. The van der Waals surface area contributed by atoms with Crippen LogP contribution in [0.1, 0.15) is 35.5 Å². The fourth-order valence-electron chi connectivity index (χ4n) is 4.09. The summed E-state index contributed by atoms with van der Waals surface area (Å²) in [4.78, 5) is 11.4. The van der Waals surface area contributed by atoms with Crippen molar-refractivity contribution in [2.24, 2.45) is 0 Å². The summed E-state index contributed by atoms with van der Waals surface area (Å²) >= 11 is 0. The zero-order chi connectivity index (χ0) is 18.2. The number of hydrogen-bond acceptors (Lipinski definition) is 4. The van der Waals surface area contributed by atoms with Gasteiger partial charge in [0.25, 0.3) is 0 Å². The first-order valence-electron chi connectivity index (χ1n) is 9.64. The lowest BCUT2D eigenvalue weighted by molar-refractivity contribution is 0.203. The summed E-state index contributed by atoms with van der Waals surface area (Å²) < 4.78 is 16.0. The third-order valence-corrected chi connectivity index (χ3v) is 5.50. The maximum absolute atomic E-state index is 14.0. The molecule has 138 valence electrons. The van der Waals surface area contributed by atoms with Crippen LogP contribution in [0.4, 0.5) is 4.39 Å². The molecule has 0 saturated carbocycles. The highest BCUT2D eigenvalue weighted by Crippen LogP contribution is 2.24. The van der Waals surface area contributed by atoms with Gasteiger partial charge in [0.15, 0.2) is 5.82 Å². The molecule has 5 rings (SSSR count). The number of rotatable bonds is 3. The average molecular weight is 363 g/mol. The Labute approximate surface area is 157 Å². The van der Waals surface area contributed by atoms with Gasteiger partial charge in [0.05, 0.1) is 17.9 Å². The summed E-state index contributed by atoms with van der Waals surface area (Å²) in [5, 5.41) is 4.55. The van der Waals surface area contributed by atoms with E-state index in [0.29, 0.717) is 11.4 Å². The van der Waals surface area contributed by atoms with Crippen LogP contribution >= 0.6 is 0 Å². The molecule has 2 aliphatic rings. The molecule has 5 nitrogen and oxygen atoms in total. The molecular weight excluding hydrogens is 341 g/mol. The second-order valence-corrected chi connectivity index (χ2v) is 7.40. The van der Waals surface area contributed by atoms with Crippen LogP contribution in [0.2, 0.25) is 0 Å². The van der Waals surface area contributed by atoms with Crippen LogP contribution in [0.15, 0.2) is 36.5 Å². The first-order chi connectivity index (χ1) is 13.3. The van der Waals surface area contributed by atoms with Gasteiger partial charge >= 0.3 is 0 Å². The van der Waals surface area contributed by atoms with Gasteiger partial charge in [-0.25, -0.2) is 4.39 Å². The minimum Gasteiger partial charge on any atom is -0.290 e. The first-order valence-corrected chi connectivity index (χ1v) is 9.64. The number of halogens is 1. The summed E-state index contributed by atoms with van der Waals surface area (Å²) in [7, 11) is 0. The molecule has 4 heterocycles. The van der Waals surface area contributed by atoms with E-state index in [1.54, 1.807) is 12.3 Å². The Kier molecular flexibility index (Phi) is 4.20. The molecule has 1 aliphatic carbocycles. The van der Waals surface area contributed by atoms with Crippen LogP contribution < -0.4 is 0 Å². The van der Waals surface area contributed by atoms with Crippen LogP contribution in [0, 0.1) is 5.82 Å². The van der Waals surface area contributed by atoms with E-state index in [9.17, 15) is 4.39 Å². The molecule has 0 radical (unpaired) electrons. The SMILES string of the molecule is Fc1cccnc1-c1cc2n(n1)CCN(Cc1ccc3c(n1)CCCC3)C2. The van der Waals surface area contributed by atoms with Crippen molar-refractivity contribution < 1.29 is 4.39 Å².